The molecular formula is C13H23N3O2. The summed E-state index contributed by atoms with van der Waals surface area (Å²) in [6.07, 6.45) is 3.73. The van der Waals surface area contributed by atoms with Gasteiger partial charge < -0.3 is 16.0 Å². The average molecular weight is 253 g/mol. The van der Waals surface area contributed by atoms with Gasteiger partial charge >= 0.3 is 0 Å². The molecule has 2 rings (SSSR count). The lowest BCUT2D eigenvalue weighted by Gasteiger charge is -2.35. The number of hydrogen-bond donors (Lipinski definition) is 2. The number of carbonyl (C=O) groups excluding carboxylic acids is 2. The van der Waals surface area contributed by atoms with Crippen molar-refractivity contribution in [1.29, 1.82) is 0 Å². The first-order chi connectivity index (χ1) is 8.38. The van der Waals surface area contributed by atoms with Crippen molar-refractivity contribution >= 4 is 11.8 Å². The van der Waals surface area contributed by atoms with E-state index in [1.54, 1.807) is 18.7 Å². The highest BCUT2D eigenvalue weighted by molar-refractivity contribution is 5.85. The zero-order chi connectivity index (χ0) is 13.3. The molecule has 1 aliphatic heterocycles. The fraction of sp³-hybridized carbons (Fsp3) is 0.846. The minimum absolute atomic E-state index is 0.00512. The quantitative estimate of drug-likeness (QED) is 0.756. The smallest absolute Gasteiger partial charge is 0.242 e. The van der Waals surface area contributed by atoms with Crippen molar-refractivity contribution in [2.45, 2.75) is 51.1 Å². The fourth-order valence-corrected chi connectivity index (χ4v) is 2.30. The molecule has 1 heterocycles. The maximum Gasteiger partial charge on any atom is 0.242 e. The first-order valence-corrected chi connectivity index (χ1v) is 6.76. The summed E-state index contributed by atoms with van der Waals surface area (Å²) < 4.78 is 0. The van der Waals surface area contributed by atoms with E-state index in [9.17, 15) is 9.59 Å². The van der Waals surface area contributed by atoms with Crippen LogP contribution in [0.2, 0.25) is 0 Å². The van der Waals surface area contributed by atoms with Gasteiger partial charge in [-0.05, 0) is 39.5 Å². The summed E-state index contributed by atoms with van der Waals surface area (Å²) in [5, 5.41) is 3.07. The van der Waals surface area contributed by atoms with Gasteiger partial charge in [-0.1, -0.05) is 0 Å². The number of carbonyl (C=O) groups is 2. The molecule has 0 aromatic heterocycles. The summed E-state index contributed by atoms with van der Waals surface area (Å²) in [5.41, 5.74) is 5.01. The second kappa shape index (κ2) is 4.88. The molecule has 2 amide bonds. The Morgan fingerprint density at radius 3 is 2.17 bits per heavy atom. The Bertz CT molecular complexity index is 337. The van der Waals surface area contributed by atoms with Gasteiger partial charge in [-0.25, -0.2) is 0 Å². The topological polar surface area (TPSA) is 75.4 Å². The first kappa shape index (κ1) is 13.3. The van der Waals surface area contributed by atoms with E-state index in [-0.39, 0.29) is 23.8 Å². The lowest BCUT2D eigenvalue weighted by atomic mass is 10.00. The maximum atomic E-state index is 12.0. The summed E-state index contributed by atoms with van der Waals surface area (Å²) in [5.74, 6) is 0.445. The third kappa shape index (κ3) is 3.22. The average Bonchev–Trinajstić information content (AvgIpc) is 3.11. The van der Waals surface area contributed by atoms with Crippen LogP contribution in [0, 0.1) is 5.92 Å². The predicted molar refractivity (Wildman–Crippen MR) is 68.7 cm³/mol. The van der Waals surface area contributed by atoms with Crippen LogP contribution >= 0.6 is 0 Å². The van der Waals surface area contributed by atoms with Crippen LogP contribution in [-0.4, -0.2) is 41.4 Å². The molecule has 0 atom stereocenters. The molecule has 1 saturated heterocycles. The predicted octanol–water partition coefficient (Wildman–Crippen LogP) is 0.241. The maximum absolute atomic E-state index is 12.0. The van der Waals surface area contributed by atoms with Gasteiger partial charge in [-0.3, -0.25) is 9.59 Å². The van der Waals surface area contributed by atoms with Crippen LogP contribution in [0.3, 0.4) is 0 Å². The monoisotopic (exact) mass is 253 g/mol. The molecule has 0 aromatic rings. The van der Waals surface area contributed by atoms with E-state index in [1.807, 2.05) is 0 Å². The number of rotatable bonds is 3. The highest BCUT2D eigenvalue weighted by Crippen LogP contribution is 2.29. The van der Waals surface area contributed by atoms with E-state index in [0.29, 0.717) is 13.1 Å². The standard InChI is InChI=1S/C13H23N3O2/c1-13(2,14)12(18)16-7-5-10(6-8-16)15-11(17)9-3-4-9/h9-10H,3-8,14H2,1-2H3,(H,15,17). The van der Waals surface area contributed by atoms with Crippen LogP contribution in [0.5, 0.6) is 0 Å². The van der Waals surface area contributed by atoms with Gasteiger partial charge in [0.05, 0.1) is 5.54 Å². The molecule has 0 bridgehead atoms. The molecule has 5 nitrogen and oxygen atoms in total. The molecular weight excluding hydrogens is 230 g/mol. The van der Waals surface area contributed by atoms with E-state index in [0.717, 1.165) is 25.7 Å². The molecule has 1 aliphatic carbocycles. The SMILES string of the molecule is CC(C)(N)C(=O)N1CCC(NC(=O)C2CC2)CC1. The zero-order valence-corrected chi connectivity index (χ0v) is 11.2. The second-order valence-corrected chi connectivity index (χ2v) is 6.07. The molecule has 5 heteroatoms. The van der Waals surface area contributed by atoms with Crippen LogP contribution in [0.25, 0.3) is 0 Å². The molecule has 102 valence electrons. The van der Waals surface area contributed by atoms with Gasteiger partial charge in [0.1, 0.15) is 0 Å². The van der Waals surface area contributed by atoms with E-state index in [2.05, 4.69) is 5.32 Å². The number of nitrogens with two attached hydrogens (primary N) is 1. The Morgan fingerprint density at radius 1 is 1.17 bits per heavy atom. The largest absolute Gasteiger partial charge is 0.353 e. The summed E-state index contributed by atoms with van der Waals surface area (Å²) in [6, 6.07) is 0.225. The molecule has 2 aliphatic rings. The molecule has 18 heavy (non-hydrogen) atoms. The highest BCUT2D eigenvalue weighted by Gasteiger charge is 2.34. The van der Waals surface area contributed by atoms with Gasteiger partial charge in [0.25, 0.3) is 0 Å². The van der Waals surface area contributed by atoms with Crippen LogP contribution in [0.4, 0.5) is 0 Å². The van der Waals surface area contributed by atoms with Crippen molar-refractivity contribution in [3.8, 4) is 0 Å². The van der Waals surface area contributed by atoms with Crippen molar-refractivity contribution in [3.63, 3.8) is 0 Å². The molecule has 3 N–H and O–H groups in total. The van der Waals surface area contributed by atoms with Gasteiger partial charge in [0.15, 0.2) is 0 Å². The summed E-state index contributed by atoms with van der Waals surface area (Å²) in [7, 11) is 0. The minimum atomic E-state index is -0.801. The van der Waals surface area contributed by atoms with Crippen LogP contribution in [0.1, 0.15) is 39.5 Å². The highest BCUT2D eigenvalue weighted by atomic mass is 16.2. The van der Waals surface area contributed by atoms with Gasteiger partial charge in [0, 0.05) is 25.0 Å². The van der Waals surface area contributed by atoms with E-state index in [4.69, 9.17) is 5.73 Å². The summed E-state index contributed by atoms with van der Waals surface area (Å²) in [6.45, 7) is 4.84. The van der Waals surface area contributed by atoms with Gasteiger partial charge in [-0.2, -0.15) is 0 Å². The van der Waals surface area contributed by atoms with E-state index in [1.165, 1.54) is 0 Å². The first-order valence-electron chi connectivity index (χ1n) is 6.76. The van der Waals surface area contributed by atoms with Crippen molar-refractivity contribution in [3.05, 3.63) is 0 Å². The lowest BCUT2D eigenvalue weighted by molar-refractivity contribution is -0.137. The fourth-order valence-electron chi connectivity index (χ4n) is 2.30. The Balaban J connectivity index is 1.77. The van der Waals surface area contributed by atoms with Crippen LogP contribution in [-0.2, 0) is 9.59 Å². The van der Waals surface area contributed by atoms with E-state index >= 15 is 0 Å². The van der Waals surface area contributed by atoms with E-state index < -0.39 is 5.54 Å². The third-order valence-electron chi connectivity index (χ3n) is 3.63. The van der Waals surface area contributed by atoms with Crippen LogP contribution < -0.4 is 11.1 Å². The van der Waals surface area contributed by atoms with Crippen molar-refractivity contribution in [2.24, 2.45) is 11.7 Å². The number of likely N-dealkylation sites (tertiary alicyclic amines) is 1. The van der Waals surface area contributed by atoms with Crippen molar-refractivity contribution in [2.75, 3.05) is 13.1 Å². The molecule has 1 saturated carbocycles. The number of amides is 2. The molecule has 2 fully saturated rings. The Morgan fingerprint density at radius 2 is 1.72 bits per heavy atom. The number of hydrogen-bond acceptors (Lipinski definition) is 3. The summed E-state index contributed by atoms with van der Waals surface area (Å²) >= 11 is 0. The van der Waals surface area contributed by atoms with Crippen molar-refractivity contribution in [1.82, 2.24) is 10.2 Å². The molecule has 0 spiro atoms. The third-order valence-corrected chi connectivity index (χ3v) is 3.63. The number of nitrogens with one attached hydrogen (secondary N) is 1. The Kier molecular flexibility index (Phi) is 3.61. The summed E-state index contributed by atoms with van der Waals surface area (Å²) in [4.78, 5) is 25.4. The zero-order valence-electron chi connectivity index (χ0n) is 11.2. The lowest BCUT2D eigenvalue weighted by Crippen LogP contribution is -2.55. The molecule has 0 aromatic carbocycles. The van der Waals surface area contributed by atoms with Crippen LogP contribution in [0.15, 0.2) is 0 Å². The number of piperidine rings is 1. The minimum Gasteiger partial charge on any atom is -0.353 e. The molecule has 0 unspecified atom stereocenters. The normalized spacial score (nSPS) is 21.8. The van der Waals surface area contributed by atoms with Crippen molar-refractivity contribution < 1.29 is 9.59 Å². The van der Waals surface area contributed by atoms with Gasteiger partial charge in [0.2, 0.25) is 11.8 Å². The Labute approximate surface area is 108 Å². The number of nitrogens with zero attached hydrogens (tertiary/aromatic N) is 1. The second-order valence-electron chi connectivity index (χ2n) is 6.07. The molecule has 0 radical (unpaired) electrons. The Hall–Kier alpha value is -1.10. The van der Waals surface area contributed by atoms with Gasteiger partial charge in [-0.15, -0.1) is 0 Å².